The molecule has 11 heteroatoms. The van der Waals surface area contributed by atoms with E-state index in [1.165, 1.54) is 24.7 Å². The topological polar surface area (TPSA) is 135 Å². The van der Waals surface area contributed by atoms with E-state index in [4.69, 9.17) is 27.8 Å². The lowest BCUT2D eigenvalue weighted by molar-refractivity contribution is 0.411. The first-order chi connectivity index (χ1) is 19.3. The number of fused-ring (bicyclic) bond motifs is 1. The quantitative estimate of drug-likeness (QED) is 0.310. The van der Waals surface area contributed by atoms with E-state index in [9.17, 15) is 9.18 Å². The van der Waals surface area contributed by atoms with Crippen LogP contribution in [0.25, 0.3) is 16.6 Å². The van der Waals surface area contributed by atoms with Gasteiger partial charge in [0.05, 0.1) is 28.7 Å². The van der Waals surface area contributed by atoms with Crippen LogP contribution in [0.3, 0.4) is 0 Å². The Bertz CT molecular complexity index is 1810. The van der Waals surface area contributed by atoms with Crippen molar-refractivity contribution in [3.8, 4) is 23.3 Å². The fraction of sp³-hybridized carbons (Fsp3) is 0.138. The fourth-order valence-corrected chi connectivity index (χ4v) is 4.18. The van der Waals surface area contributed by atoms with E-state index < -0.39 is 5.82 Å². The molecule has 0 bridgehead atoms. The van der Waals surface area contributed by atoms with Crippen LogP contribution in [0.2, 0.25) is 5.02 Å². The molecule has 0 spiro atoms. The van der Waals surface area contributed by atoms with Gasteiger partial charge in [-0.25, -0.2) is 24.3 Å². The Morgan fingerprint density at radius 3 is 2.42 bits per heavy atom. The number of nitrogen functional groups attached to an aromatic ring is 2. The number of halogens is 2. The van der Waals surface area contributed by atoms with Crippen LogP contribution in [0.4, 0.5) is 16.0 Å². The first-order valence-electron chi connectivity index (χ1n) is 12.1. The van der Waals surface area contributed by atoms with Crippen LogP contribution in [0.5, 0.6) is 5.75 Å². The van der Waals surface area contributed by atoms with Crippen molar-refractivity contribution >= 4 is 34.1 Å². The molecule has 2 aromatic carbocycles. The predicted molar refractivity (Wildman–Crippen MR) is 154 cm³/mol. The summed E-state index contributed by atoms with van der Waals surface area (Å²) in [5.74, 6) is 6.38. The third kappa shape index (κ3) is 5.70. The molecule has 3 aromatic heterocycles. The maximum absolute atomic E-state index is 13.2. The van der Waals surface area contributed by atoms with Crippen LogP contribution in [-0.4, -0.2) is 31.6 Å². The normalized spacial score (nSPS) is 10.3. The van der Waals surface area contributed by atoms with Crippen molar-refractivity contribution in [1.82, 2.24) is 24.5 Å². The van der Waals surface area contributed by atoms with Crippen molar-refractivity contribution in [3.63, 3.8) is 0 Å². The average molecular weight is 558 g/mol. The standard InChI is InChI=1S/C18H17ClN2O2.C11H8FN5/c1-4-16-20-13-8-5-7-12(19)17(13)18(22)21(16)14-9-6-10-15(23-3)11(14)2;12-8-2-1-5-15-9(8)4-3-7-10(13)16-6-17-11(7)14/h5-10H,4H2,1-3H3;1-2,5-6H,(H4,13,14,16,17). The summed E-state index contributed by atoms with van der Waals surface area (Å²) < 4.78 is 20.2. The molecule has 0 saturated carbocycles. The maximum Gasteiger partial charge on any atom is 0.267 e. The van der Waals surface area contributed by atoms with Gasteiger partial charge in [0.2, 0.25) is 0 Å². The Morgan fingerprint density at radius 1 is 1.02 bits per heavy atom. The van der Waals surface area contributed by atoms with Gasteiger partial charge in [0.15, 0.2) is 5.82 Å². The van der Waals surface area contributed by atoms with Crippen LogP contribution in [0, 0.1) is 24.6 Å². The minimum absolute atomic E-state index is 0.0233. The second-order valence-electron chi connectivity index (χ2n) is 8.36. The number of benzene rings is 2. The minimum atomic E-state index is -0.506. The zero-order valence-corrected chi connectivity index (χ0v) is 22.7. The van der Waals surface area contributed by atoms with Crippen LogP contribution in [-0.2, 0) is 6.42 Å². The lowest BCUT2D eigenvalue weighted by Crippen LogP contribution is -2.24. The molecule has 0 fully saturated rings. The van der Waals surface area contributed by atoms with Crippen molar-refractivity contribution in [1.29, 1.82) is 0 Å². The third-order valence-corrected chi connectivity index (χ3v) is 6.23. The number of rotatable bonds is 3. The van der Waals surface area contributed by atoms with E-state index >= 15 is 0 Å². The Kier molecular flexibility index (Phi) is 8.57. The first kappa shape index (κ1) is 28.0. The smallest absolute Gasteiger partial charge is 0.267 e. The molecule has 0 atom stereocenters. The molecule has 202 valence electrons. The summed E-state index contributed by atoms with van der Waals surface area (Å²) in [7, 11) is 1.62. The molecule has 5 rings (SSSR count). The van der Waals surface area contributed by atoms with Crippen molar-refractivity contribution < 1.29 is 9.13 Å². The number of aryl methyl sites for hydroxylation is 1. The number of nitrogens with two attached hydrogens (primary N) is 2. The molecule has 0 aliphatic heterocycles. The highest BCUT2D eigenvalue weighted by molar-refractivity contribution is 6.35. The molecule has 0 unspecified atom stereocenters. The largest absolute Gasteiger partial charge is 0.496 e. The van der Waals surface area contributed by atoms with Gasteiger partial charge in [0, 0.05) is 18.2 Å². The highest BCUT2D eigenvalue weighted by Gasteiger charge is 2.16. The molecular weight excluding hydrogens is 533 g/mol. The summed E-state index contributed by atoms with van der Waals surface area (Å²) in [6, 6.07) is 13.7. The molecule has 4 N–H and O–H groups in total. The number of methoxy groups -OCH3 is 1. The zero-order valence-electron chi connectivity index (χ0n) is 21.9. The summed E-state index contributed by atoms with van der Waals surface area (Å²) in [5.41, 5.74) is 13.6. The summed E-state index contributed by atoms with van der Waals surface area (Å²) in [5, 5.41) is 0.852. The second-order valence-corrected chi connectivity index (χ2v) is 8.77. The maximum atomic E-state index is 13.2. The summed E-state index contributed by atoms with van der Waals surface area (Å²) in [4.78, 5) is 29.0. The molecule has 40 heavy (non-hydrogen) atoms. The van der Waals surface area contributed by atoms with Crippen molar-refractivity contribution in [2.45, 2.75) is 20.3 Å². The first-order valence-corrected chi connectivity index (χ1v) is 12.5. The highest BCUT2D eigenvalue weighted by atomic mass is 35.5. The molecule has 9 nitrogen and oxygen atoms in total. The number of ether oxygens (including phenoxy) is 1. The van der Waals surface area contributed by atoms with E-state index in [-0.39, 0.29) is 28.5 Å². The number of anilines is 2. The van der Waals surface area contributed by atoms with Gasteiger partial charge >= 0.3 is 0 Å². The Morgan fingerprint density at radius 2 is 1.75 bits per heavy atom. The summed E-state index contributed by atoms with van der Waals surface area (Å²) in [6.07, 6.45) is 3.31. The van der Waals surface area contributed by atoms with Gasteiger partial charge in [-0.15, -0.1) is 0 Å². The van der Waals surface area contributed by atoms with Crippen LogP contribution in [0.1, 0.15) is 29.6 Å². The van der Waals surface area contributed by atoms with E-state index in [1.54, 1.807) is 23.8 Å². The molecule has 0 aliphatic rings. The number of aromatic nitrogens is 5. The highest BCUT2D eigenvalue weighted by Crippen LogP contribution is 2.26. The van der Waals surface area contributed by atoms with Gasteiger partial charge in [-0.05, 0) is 49.2 Å². The number of nitrogens with zero attached hydrogens (tertiary/aromatic N) is 5. The van der Waals surface area contributed by atoms with Crippen LogP contribution < -0.4 is 21.8 Å². The lowest BCUT2D eigenvalue weighted by atomic mass is 10.1. The second kappa shape index (κ2) is 12.2. The van der Waals surface area contributed by atoms with Gasteiger partial charge in [-0.3, -0.25) is 9.36 Å². The van der Waals surface area contributed by atoms with Gasteiger partial charge < -0.3 is 16.2 Å². The van der Waals surface area contributed by atoms with E-state index in [1.807, 2.05) is 38.1 Å². The number of pyridine rings is 1. The molecule has 3 heterocycles. The lowest BCUT2D eigenvalue weighted by Gasteiger charge is -2.16. The molecule has 0 aliphatic carbocycles. The average Bonchev–Trinajstić information content (AvgIpc) is 2.94. The Balaban J connectivity index is 0.000000194. The summed E-state index contributed by atoms with van der Waals surface area (Å²) >= 11 is 6.24. The Labute approximate surface area is 234 Å². The van der Waals surface area contributed by atoms with Gasteiger partial charge in [-0.1, -0.05) is 36.6 Å². The van der Waals surface area contributed by atoms with Crippen molar-refractivity contribution in [2.75, 3.05) is 18.6 Å². The monoisotopic (exact) mass is 557 g/mol. The van der Waals surface area contributed by atoms with Crippen molar-refractivity contribution in [2.24, 2.45) is 0 Å². The SMILES string of the molecule is CCc1nc2cccc(Cl)c2c(=O)n1-c1cccc(OC)c1C.Nc1ncnc(N)c1C#Cc1ncccc1F. The molecule has 0 amide bonds. The van der Waals surface area contributed by atoms with E-state index in [0.717, 1.165) is 17.0 Å². The molecular formula is C29H25ClFN7O2. The van der Waals surface area contributed by atoms with Crippen LogP contribution in [0.15, 0.2) is 65.8 Å². The fourth-order valence-electron chi connectivity index (χ4n) is 3.93. The number of hydrogen-bond donors (Lipinski definition) is 2. The summed E-state index contributed by atoms with van der Waals surface area (Å²) in [6.45, 7) is 3.90. The number of hydrogen-bond acceptors (Lipinski definition) is 8. The predicted octanol–water partition coefficient (Wildman–Crippen LogP) is 4.49. The minimum Gasteiger partial charge on any atom is -0.496 e. The van der Waals surface area contributed by atoms with Crippen molar-refractivity contribution in [3.05, 3.63) is 105 Å². The van der Waals surface area contributed by atoms with Gasteiger partial charge in [0.25, 0.3) is 5.56 Å². The molecule has 5 aromatic rings. The Hall–Kier alpha value is -5.01. The van der Waals surface area contributed by atoms with Crippen LogP contribution >= 0.6 is 11.6 Å². The zero-order chi connectivity index (χ0) is 28.8. The van der Waals surface area contributed by atoms with E-state index in [2.05, 4.69) is 31.8 Å². The third-order valence-electron chi connectivity index (χ3n) is 5.92. The molecule has 0 saturated heterocycles. The van der Waals surface area contributed by atoms with Gasteiger partial charge in [0.1, 0.15) is 40.8 Å². The van der Waals surface area contributed by atoms with Gasteiger partial charge in [-0.2, -0.15) is 0 Å². The molecule has 0 radical (unpaired) electrons. The van der Waals surface area contributed by atoms with E-state index in [0.29, 0.717) is 28.2 Å².